The highest BCUT2D eigenvalue weighted by atomic mass is 16.5. The summed E-state index contributed by atoms with van der Waals surface area (Å²) in [5.41, 5.74) is 2.62. The fourth-order valence-electron chi connectivity index (χ4n) is 4.20. The van der Waals surface area contributed by atoms with E-state index in [1.807, 2.05) is 0 Å². The van der Waals surface area contributed by atoms with Gasteiger partial charge in [0.15, 0.2) is 0 Å². The average molecular weight is 428 g/mol. The SMILES string of the molecule is O=C1C(=O)N(Cc2ccccn2)C(c2ccc(O)cc2)/C1=C(/O)c1ccc2c(c1)CCO2. The molecule has 160 valence electrons. The highest BCUT2D eigenvalue weighted by Gasteiger charge is 2.46. The number of amides is 1. The molecule has 1 saturated heterocycles. The van der Waals surface area contributed by atoms with Crippen LogP contribution < -0.4 is 4.74 Å². The molecule has 0 saturated carbocycles. The summed E-state index contributed by atoms with van der Waals surface area (Å²) in [6.45, 7) is 0.674. The van der Waals surface area contributed by atoms with Crippen LogP contribution in [0.15, 0.2) is 72.4 Å². The number of benzene rings is 2. The van der Waals surface area contributed by atoms with Gasteiger partial charge in [-0.1, -0.05) is 18.2 Å². The van der Waals surface area contributed by atoms with Gasteiger partial charge in [-0.15, -0.1) is 0 Å². The van der Waals surface area contributed by atoms with Crippen LogP contribution in [0.2, 0.25) is 0 Å². The van der Waals surface area contributed by atoms with E-state index in [0.29, 0.717) is 29.8 Å². The number of fused-ring (bicyclic) bond motifs is 1. The summed E-state index contributed by atoms with van der Waals surface area (Å²) in [6.07, 6.45) is 2.33. The van der Waals surface area contributed by atoms with E-state index in [2.05, 4.69) is 4.98 Å². The number of hydrogen-bond donors (Lipinski definition) is 2. The molecule has 1 unspecified atom stereocenters. The summed E-state index contributed by atoms with van der Waals surface area (Å²) in [5.74, 6) is -0.881. The van der Waals surface area contributed by atoms with Crippen molar-refractivity contribution in [3.05, 3.63) is 94.8 Å². The van der Waals surface area contributed by atoms with Crippen molar-refractivity contribution >= 4 is 17.4 Å². The number of ketones is 1. The van der Waals surface area contributed by atoms with Crippen LogP contribution in [0.4, 0.5) is 0 Å². The fourth-order valence-corrected chi connectivity index (χ4v) is 4.20. The quantitative estimate of drug-likeness (QED) is 0.376. The fraction of sp³-hybridized carbons (Fsp3) is 0.160. The number of likely N-dealkylation sites (tertiary alicyclic amines) is 1. The Bertz CT molecular complexity index is 1230. The van der Waals surface area contributed by atoms with Crippen LogP contribution in [0.5, 0.6) is 11.5 Å². The van der Waals surface area contributed by atoms with Crippen LogP contribution in [0.1, 0.15) is 28.4 Å². The molecule has 32 heavy (non-hydrogen) atoms. The first kappa shape index (κ1) is 19.8. The Balaban J connectivity index is 1.64. The van der Waals surface area contributed by atoms with Crippen molar-refractivity contribution in [3.63, 3.8) is 0 Å². The molecule has 7 heteroatoms. The molecule has 3 heterocycles. The number of Topliss-reactive ketones (excluding diaryl/α,β-unsaturated/α-hetero) is 1. The summed E-state index contributed by atoms with van der Waals surface area (Å²) in [5, 5.41) is 20.9. The molecule has 1 aromatic heterocycles. The Morgan fingerprint density at radius 3 is 2.66 bits per heavy atom. The number of carbonyl (C=O) groups excluding carboxylic acids is 2. The minimum atomic E-state index is -0.817. The summed E-state index contributed by atoms with van der Waals surface area (Å²) < 4.78 is 5.52. The van der Waals surface area contributed by atoms with Crippen molar-refractivity contribution in [1.29, 1.82) is 0 Å². The van der Waals surface area contributed by atoms with Crippen molar-refractivity contribution < 1.29 is 24.5 Å². The van der Waals surface area contributed by atoms with Gasteiger partial charge >= 0.3 is 0 Å². The normalized spacial score (nSPS) is 19.1. The second-order valence-electron chi connectivity index (χ2n) is 7.76. The number of phenols is 1. The third-order valence-electron chi connectivity index (χ3n) is 5.77. The zero-order valence-corrected chi connectivity index (χ0v) is 17.1. The van der Waals surface area contributed by atoms with Gasteiger partial charge in [0.05, 0.1) is 30.5 Å². The van der Waals surface area contributed by atoms with Gasteiger partial charge in [0, 0.05) is 18.2 Å². The molecule has 0 radical (unpaired) electrons. The predicted octanol–water partition coefficient (Wildman–Crippen LogP) is 3.34. The number of rotatable bonds is 4. The minimum absolute atomic E-state index is 0.00971. The predicted molar refractivity (Wildman–Crippen MR) is 116 cm³/mol. The summed E-state index contributed by atoms with van der Waals surface area (Å²) in [7, 11) is 0. The van der Waals surface area contributed by atoms with E-state index in [4.69, 9.17) is 4.74 Å². The Morgan fingerprint density at radius 1 is 1.09 bits per heavy atom. The lowest BCUT2D eigenvalue weighted by Crippen LogP contribution is -2.29. The standard InChI is InChI=1S/C25H20N2O5/c28-19-7-4-15(5-8-19)22-21(23(29)17-6-9-20-16(13-17)10-12-32-20)24(30)25(31)27(22)14-18-3-1-2-11-26-18/h1-9,11,13,22,28-29H,10,12,14H2/b23-21-. The number of aromatic hydroxyl groups is 1. The first-order chi connectivity index (χ1) is 15.5. The first-order valence-corrected chi connectivity index (χ1v) is 10.3. The lowest BCUT2D eigenvalue weighted by atomic mass is 9.94. The molecule has 0 bridgehead atoms. The molecule has 5 rings (SSSR count). The Labute approximate surface area is 184 Å². The number of phenolic OH excluding ortho intramolecular Hbond substituents is 1. The Kier molecular flexibility index (Phi) is 4.86. The number of ether oxygens (including phenoxy) is 1. The lowest BCUT2D eigenvalue weighted by molar-refractivity contribution is -0.140. The maximum atomic E-state index is 13.1. The monoisotopic (exact) mass is 428 g/mol. The highest BCUT2D eigenvalue weighted by molar-refractivity contribution is 6.46. The second kappa shape index (κ2) is 7.85. The molecule has 2 aliphatic rings. The third-order valence-corrected chi connectivity index (χ3v) is 5.77. The van der Waals surface area contributed by atoms with Gasteiger partial charge in [-0.25, -0.2) is 0 Å². The van der Waals surface area contributed by atoms with Gasteiger partial charge in [-0.3, -0.25) is 14.6 Å². The number of pyridine rings is 1. The molecule has 2 aromatic carbocycles. The van der Waals surface area contributed by atoms with Crippen LogP contribution in [0, 0.1) is 0 Å². The van der Waals surface area contributed by atoms with Crippen molar-refractivity contribution in [2.24, 2.45) is 0 Å². The molecule has 0 aliphatic carbocycles. The minimum Gasteiger partial charge on any atom is -0.508 e. The maximum absolute atomic E-state index is 13.1. The van der Waals surface area contributed by atoms with Crippen molar-refractivity contribution in [1.82, 2.24) is 9.88 Å². The molecule has 0 spiro atoms. The maximum Gasteiger partial charge on any atom is 0.296 e. The number of carbonyl (C=O) groups is 2. The smallest absolute Gasteiger partial charge is 0.296 e. The zero-order chi connectivity index (χ0) is 22.2. The third kappa shape index (κ3) is 3.37. The van der Waals surface area contributed by atoms with Gasteiger partial charge in [0.1, 0.15) is 17.3 Å². The molecule has 2 N–H and O–H groups in total. The summed E-state index contributed by atoms with van der Waals surface area (Å²) >= 11 is 0. The number of aromatic nitrogens is 1. The molecule has 1 fully saturated rings. The van der Waals surface area contributed by atoms with Gasteiger partial charge in [-0.05, 0) is 53.6 Å². The topological polar surface area (TPSA) is 100.0 Å². The van der Waals surface area contributed by atoms with E-state index in [9.17, 15) is 19.8 Å². The Morgan fingerprint density at radius 2 is 1.91 bits per heavy atom. The van der Waals surface area contributed by atoms with Crippen LogP contribution in [0.3, 0.4) is 0 Å². The molecule has 1 atom stereocenters. The molecule has 3 aromatic rings. The number of nitrogens with zero attached hydrogens (tertiary/aromatic N) is 2. The lowest BCUT2D eigenvalue weighted by Gasteiger charge is -2.25. The second-order valence-corrected chi connectivity index (χ2v) is 7.76. The van der Waals surface area contributed by atoms with Crippen LogP contribution in [0.25, 0.3) is 5.76 Å². The molecule has 7 nitrogen and oxygen atoms in total. The van der Waals surface area contributed by atoms with Gasteiger partial charge < -0.3 is 19.8 Å². The van der Waals surface area contributed by atoms with E-state index in [1.54, 1.807) is 54.7 Å². The molecular formula is C25H20N2O5. The van der Waals surface area contributed by atoms with Crippen molar-refractivity contribution in [2.45, 2.75) is 19.0 Å². The van der Waals surface area contributed by atoms with E-state index >= 15 is 0 Å². The van der Waals surface area contributed by atoms with E-state index < -0.39 is 17.7 Å². The highest BCUT2D eigenvalue weighted by Crippen LogP contribution is 2.41. The van der Waals surface area contributed by atoms with Crippen LogP contribution >= 0.6 is 0 Å². The van der Waals surface area contributed by atoms with Gasteiger partial charge in [0.25, 0.3) is 11.7 Å². The van der Waals surface area contributed by atoms with Gasteiger partial charge in [0.2, 0.25) is 0 Å². The van der Waals surface area contributed by atoms with Crippen LogP contribution in [-0.4, -0.2) is 38.4 Å². The largest absolute Gasteiger partial charge is 0.508 e. The summed E-state index contributed by atoms with van der Waals surface area (Å²) in [4.78, 5) is 31.8. The van der Waals surface area contributed by atoms with Crippen molar-refractivity contribution in [3.8, 4) is 11.5 Å². The average Bonchev–Trinajstić information content (AvgIpc) is 3.38. The number of hydrogen-bond acceptors (Lipinski definition) is 6. The van der Waals surface area contributed by atoms with E-state index in [-0.39, 0.29) is 23.6 Å². The molecule has 1 amide bonds. The number of aliphatic hydroxyl groups is 1. The van der Waals surface area contributed by atoms with Crippen molar-refractivity contribution in [2.75, 3.05) is 6.61 Å². The van der Waals surface area contributed by atoms with Crippen LogP contribution in [-0.2, 0) is 22.6 Å². The van der Waals surface area contributed by atoms with Gasteiger partial charge in [-0.2, -0.15) is 0 Å². The zero-order valence-electron chi connectivity index (χ0n) is 17.1. The van der Waals surface area contributed by atoms with E-state index in [1.165, 1.54) is 17.0 Å². The molecular weight excluding hydrogens is 408 g/mol. The summed E-state index contributed by atoms with van der Waals surface area (Å²) in [6, 6.07) is 16.0. The van der Waals surface area contributed by atoms with E-state index in [0.717, 1.165) is 11.3 Å². The number of aliphatic hydroxyl groups excluding tert-OH is 1. The first-order valence-electron chi connectivity index (χ1n) is 10.3. The Hall–Kier alpha value is -4.13. The molecule has 2 aliphatic heterocycles.